The first kappa shape index (κ1) is 11.8. The highest BCUT2D eigenvalue weighted by Gasteiger charge is 2.06. The third kappa shape index (κ3) is 2.32. The lowest BCUT2D eigenvalue weighted by Gasteiger charge is -2.04. The molecule has 3 aromatic rings. The van der Waals surface area contributed by atoms with E-state index in [1.807, 2.05) is 29.1 Å². The first-order valence-electron chi connectivity index (χ1n) is 6.31. The van der Waals surface area contributed by atoms with Gasteiger partial charge in [-0.15, -0.1) is 0 Å². The lowest BCUT2D eigenvalue weighted by atomic mass is 10.1. The zero-order valence-corrected chi connectivity index (χ0v) is 10.5. The molecule has 5 heteroatoms. The minimum atomic E-state index is 0.688. The highest BCUT2D eigenvalue weighted by atomic mass is 15.0. The Balaban J connectivity index is 2.01. The number of hydrogen-bond donors (Lipinski definition) is 1. The zero-order valence-electron chi connectivity index (χ0n) is 10.5. The second-order valence-corrected chi connectivity index (χ2v) is 4.38. The number of hydrogen-bond acceptors (Lipinski definition) is 4. The maximum atomic E-state index is 5.53. The molecule has 0 spiro atoms. The Morgan fingerprint density at radius 3 is 3.00 bits per heavy atom. The highest BCUT2D eigenvalue weighted by molar-refractivity contribution is 5.63. The van der Waals surface area contributed by atoms with Crippen LogP contribution in [-0.2, 0) is 6.42 Å². The van der Waals surface area contributed by atoms with Gasteiger partial charge in [0.05, 0.1) is 18.1 Å². The van der Waals surface area contributed by atoms with E-state index in [-0.39, 0.29) is 0 Å². The van der Waals surface area contributed by atoms with Crippen LogP contribution in [0.15, 0.2) is 43.1 Å². The SMILES string of the molecule is NCCCc1cc(-c2cnc3cnccn23)ccn1. The molecule has 0 amide bonds. The number of pyridine rings is 1. The predicted molar refractivity (Wildman–Crippen MR) is 73.6 cm³/mol. The summed E-state index contributed by atoms with van der Waals surface area (Å²) >= 11 is 0. The Morgan fingerprint density at radius 2 is 2.11 bits per heavy atom. The quantitative estimate of drug-likeness (QED) is 0.768. The van der Waals surface area contributed by atoms with Crippen molar-refractivity contribution in [1.82, 2.24) is 19.4 Å². The van der Waals surface area contributed by atoms with Gasteiger partial charge in [0.25, 0.3) is 0 Å². The highest BCUT2D eigenvalue weighted by Crippen LogP contribution is 2.20. The van der Waals surface area contributed by atoms with Crippen molar-refractivity contribution in [3.05, 3.63) is 48.8 Å². The molecule has 0 atom stereocenters. The van der Waals surface area contributed by atoms with Crippen molar-refractivity contribution < 1.29 is 0 Å². The number of nitrogens with two attached hydrogens (primary N) is 1. The molecule has 0 radical (unpaired) electrons. The molecule has 0 fully saturated rings. The summed E-state index contributed by atoms with van der Waals surface area (Å²) in [5, 5.41) is 0. The first-order chi connectivity index (χ1) is 9.38. The van der Waals surface area contributed by atoms with Crippen molar-refractivity contribution in [3.63, 3.8) is 0 Å². The Kier molecular flexibility index (Phi) is 3.20. The van der Waals surface area contributed by atoms with Crippen LogP contribution in [0.1, 0.15) is 12.1 Å². The minimum absolute atomic E-state index is 0.688. The van der Waals surface area contributed by atoms with Gasteiger partial charge in [0.1, 0.15) is 0 Å². The number of imidazole rings is 1. The van der Waals surface area contributed by atoms with Crippen molar-refractivity contribution in [2.24, 2.45) is 5.73 Å². The van der Waals surface area contributed by atoms with Crippen LogP contribution < -0.4 is 5.73 Å². The second kappa shape index (κ2) is 5.16. The van der Waals surface area contributed by atoms with Gasteiger partial charge in [-0.05, 0) is 31.5 Å². The fourth-order valence-corrected chi connectivity index (χ4v) is 2.11. The van der Waals surface area contributed by atoms with Crippen LogP contribution in [0, 0.1) is 0 Å². The number of aryl methyl sites for hydroxylation is 1. The summed E-state index contributed by atoms with van der Waals surface area (Å²) in [4.78, 5) is 12.8. The van der Waals surface area contributed by atoms with E-state index >= 15 is 0 Å². The molecule has 2 N–H and O–H groups in total. The van der Waals surface area contributed by atoms with E-state index in [9.17, 15) is 0 Å². The van der Waals surface area contributed by atoms with Crippen molar-refractivity contribution in [2.75, 3.05) is 6.54 Å². The topological polar surface area (TPSA) is 69.1 Å². The predicted octanol–water partition coefficient (Wildman–Crippen LogP) is 1.68. The molecule has 0 aliphatic rings. The van der Waals surface area contributed by atoms with Crippen LogP contribution in [0.5, 0.6) is 0 Å². The van der Waals surface area contributed by atoms with E-state index in [0.717, 1.165) is 35.4 Å². The van der Waals surface area contributed by atoms with Crippen LogP contribution in [0.2, 0.25) is 0 Å². The summed E-state index contributed by atoms with van der Waals surface area (Å²) in [6, 6.07) is 4.09. The van der Waals surface area contributed by atoms with Gasteiger partial charge in [-0.2, -0.15) is 0 Å². The molecule has 96 valence electrons. The third-order valence-corrected chi connectivity index (χ3v) is 3.07. The average molecular weight is 253 g/mol. The fraction of sp³-hybridized carbons (Fsp3) is 0.214. The summed E-state index contributed by atoms with van der Waals surface area (Å²) in [6.07, 6.45) is 11.0. The molecule has 3 aromatic heterocycles. The van der Waals surface area contributed by atoms with Gasteiger partial charge in [-0.1, -0.05) is 0 Å². The van der Waals surface area contributed by atoms with E-state index in [1.54, 1.807) is 12.4 Å². The third-order valence-electron chi connectivity index (χ3n) is 3.07. The molecule has 0 unspecified atom stereocenters. The zero-order chi connectivity index (χ0) is 13.1. The molecule has 0 saturated carbocycles. The van der Waals surface area contributed by atoms with Crippen LogP contribution in [0.4, 0.5) is 0 Å². The summed E-state index contributed by atoms with van der Waals surface area (Å²) in [5.41, 5.74) is 9.60. The van der Waals surface area contributed by atoms with E-state index in [2.05, 4.69) is 21.0 Å². The van der Waals surface area contributed by atoms with Crippen LogP contribution >= 0.6 is 0 Å². The minimum Gasteiger partial charge on any atom is -0.330 e. The Labute approximate surface area is 111 Å². The maximum absolute atomic E-state index is 5.53. The molecular weight excluding hydrogens is 238 g/mol. The molecule has 3 rings (SSSR count). The van der Waals surface area contributed by atoms with Gasteiger partial charge in [0.15, 0.2) is 5.65 Å². The second-order valence-electron chi connectivity index (χ2n) is 4.38. The van der Waals surface area contributed by atoms with Gasteiger partial charge >= 0.3 is 0 Å². The number of rotatable bonds is 4. The van der Waals surface area contributed by atoms with E-state index in [0.29, 0.717) is 6.54 Å². The van der Waals surface area contributed by atoms with Crippen molar-refractivity contribution in [3.8, 4) is 11.3 Å². The van der Waals surface area contributed by atoms with Crippen molar-refractivity contribution in [2.45, 2.75) is 12.8 Å². The first-order valence-corrected chi connectivity index (χ1v) is 6.31. The van der Waals surface area contributed by atoms with E-state index in [4.69, 9.17) is 5.73 Å². The van der Waals surface area contributed by atoms with Crippen LogP contribution in [0.25, 0.3) is 16.9 Å². The maximum Gasteiger partial charge on any atom is 0.155 e. The number of fused-ring (bicyclic) bond motifs is 1. The van der Waals surface area contributed by atoms with Crippen LogP contribution in [-0.4, -0.2) is 25.9 Å². The molecule has 3 heterocycles. The fourth-order valence-electron chi connectivity index (χ4n) is 2.11. The Hall–Kier alpha value is -2.27. The molecule has 0 aromatic carbocycles. The lowest BCUT2D eigenvalue weighted by Crippen LogP contribution is -2.01. The van der Waals surface area contributed by atoms with Crippen molar-refractivity contribution in [1.29, 1.82) is 0 Å². The smallest absolute Gasteiger partial charge is 0.155 e. The standard InChI is InChI=1S/C14H15N5/c15-4-1-2-12-8-11(3-5-17-12)13-9-18-14-10-16-6-7-19(13)14/h3,5-10H,1-2,4,15H2. The van der Waals surface area contributed by atoms with Crippen molar-refractivity contribution >= 4 is 5.65 Å². The summed E-state index contributed by atoms with van der Waals surface area (Å²) < 4.78 is 2.02. The van der Waals surface area contributed by atoms with E-state index < -0.39 is 0 Å². The lowest BCUT2D eigenvalue weighted by molar-refractivity contribution is 0.810. The summed E-state index contributed by atoms with van der Waals surface area (Å²) in [6.45, 7) is 0.688. The molecule has 0 bridgehead atoms. The Morgan fingerprint density at radius 1 is 1.16 bits per heavy atom. The van der Waals surface area contributed by atoms with Gasteiger partial charge < -0.3 is 5.73 Å². The monoisotopic (exact) mass is 253 g/mol. The van der Waals surface area contributed by atoms with Gasteiger partial charge in [0.2, 0.25) is 0 Å². The molecule has 19 heavy (non-hydrogen) atoms. The molecule has 5 nitrogen and oxygen atoms in total. The molecule has 0 aliphatic heterocycles. The normalized spacial score (nSPS) is 11.0. The average Bonchev–Trinajstić information content (AvgIpc) is 2.89. The number of aromatic nitrogens is 4. The Bertz CT molecular complexity index is 689. The summed E-state index contributed by atoms with van der Waals surface area (Å²) in [5.74, 6) is 0. The number of nitrogens with zero attached hydrogens (tertiary/aromatic N) is 4. The van der Waals surface area contributed by atoms with Gasteiger partial charge in [-0.25, -0.2) is 4.98 Å². The largest absolute Gasteiger partial charge is 0.330 e. The van der Waals surface area contributed by atoms with Gasteiger partial charge in [-0.3, -0.25) is 14.4 Å². The summed E-state index contributed by atoms with van der Waals surface area (Å²) in [7, 11) is 0. The molecule has 0 saturated heterocycles. The molecule has 0 aliphatic carbocycles. The van der Waals surface area contributed by atoms with Gasteiger partial charge in [0, 0.05) is 29.8 Å². The van der Waals surface area contributed by atoms with E-state index in [1.165, 1.54) is 0 Å². The molecular formula is C14H15N5. The van der Waals surface area contributed by atoms with Crippen LogP contribution in [0.3, 0.4) is 0 Å².